The van der Waals surface area contributed by atoms with E-state index in [9.17, 15) is 4.79 Å². The van der Waals surface area contributed by atoms with Gasteiger partial charge in [0, 0.05) is 12.0 Å². The van der Waals surface area contributed by atoms with Crippen molar-refractivity contribution in [1.82, 2.24) is 5.01 Å². The number of carbonyl (C=O) groups excluding carboxylic acids is 1. The van der Waals surface area contributed by atoms with Gasteiger partial charge in [-0.25, -0.2) is 0 Å². The molecule has 4 heteroatoms. The van der Waals surface area contributed by atoms with Gasteiger partial charge in [0.05, 0.1) is 12.2 Å². The summed E-state index contributed by atoms with van der Waals surface area (Å²) in [5.41, 5.74) is 2.55. The molecule has 80 valence electrons. The molecular weight excluding hydrogens is 204 g/mol. The second-order valence-corrected chi connectivity index (χ2v) is 3.78. The number of para-hydroxylation sites is 1. The molecule has 0 saturated carbocycles. The Morgan fingerprint density at radius 2 is 2.25 bits per heavy atom. The molecule has 0 saturated heterocycles. The topological polar surface area (TPSA) is 41.9 Å². The number of hydrogen-bond acceptors (Lipinski definition) is 4. The Morgan fingerprint density at radius 3 is 3.12 bits per heavy atom. The van der Waals surface area contributed by atoms with E-state index < -0.39 is 0 Å². The molecule has 2 aliphatic heterocycles. The smallest absolute Gasteiger partial charge is 0.166 e. The minimum Gasteiger partial charge on any atom is -0.463 e. The number of carbonyl (C=O) groups is 1. The predicted molar refractivity (Wildman–Crippen MR) is 58.8 cm³/mol. The SMILES string of the molecule is O=CC1=NN2Cc3ccccc3OC=C2C1. The van der Waals surface area contributed by atoms with Gasteiger partial charge in [-0.2, -0.15) is 5.10 Å². The lowest BCUT2D eigenvalue weighted by molar-refractivity contribution is -0.102. The Morgan fingerprint density at radius 1 is 1.38 bits per heavy atom. The van der Waals surface area contributed by atoms with Gasteiger partial charge in [0.2, 0.25) is 0 Å². The van der Waals surface area contributed by atoms with Crippen molar-refractivity contribution in [2.75, 3.05) is 0 Å². The molecule has 0 amide bonds. The summed E-state index contributed by atoms with van der Waals surface area (Å²) in [6.45, 7) is 0.652. The van der Waals surface area contributed by atoms with Gasteiger partial charge in [0.25, 0.3) is 0 Å². The van der Waals surface area contributed by atoms with Crippen LogP contribution in [-0.4, -0.2) is 17.0 Å². The number of nitrogens with zero attached hydrogens (tertiary/aromatic N) is 2. The first-order valence-electron chi connectivity index (χ1n) is 5.10. The molecule has 0 N–H and O–H groups in total. The number of ether oxygens (including phenoxy) is 1. The van der Waals surface area contributed by atoms with Crippen LogP contribution < -0.4 is 4.74 Å². The Labute approximate surface area is 92.8 Å². The molecule has 0 bridgehead atoms. The number of benzene rings is 1. The van der Waals surface area contributed by atoms with Gasteiger partial charge < -0.3 is 4.74 Å². The van der Waals surface area contributed by atoms with Crippen molar-refractivity contribution in [3.8, 4) is 5.75 Å². The van der Waals surface area contributed by atoms with Crippen molar-refractivity contribution in [3.63, 3.8) is 0 Å². The second kappa shape index (κ2) is 3.48. The molecule has 0 fully saturated rings. The van der Waals surface area contributed by atoms with Crippen LogP contribution in [0.1, 0.15) is 12.0 Å². The molecule has 3 rings (SSSR count). The quantitative estimate of drug-likeness (QED) is 0.668. The largest absolute Gasteiger partial charge is 0.463 e. The third kappa shape index (κ3) is 1.39. The van der Waals surface area contributed by atoms with E-state index in [1.807, 2.05) is 29.3 Å². The minimum absolute atomic E-state index is 0.550. The summed E-state index contributed by atoms with van der Waals surface area (Å²) in [5, 5.41) is 6.04. The highest BCUT2D eigenvalue weighted by Crippen LogP contribution is 2.29. The maximum Gasteiger partial charge on any atom is 0.166 e. The second-order valence-electron chi connectivity index (χ2n) is 3.78. The zero-order valence-corrected chi connectivity index (χ0v) is 8.59. The van der Waals surface area contributed by atoms with E-state index in [0.29, 0.717) is 18.7 Å². The first-order valence-corrected chi connectivity index (χ1v) is 5.10. The Hall–Kier alpha value is -2.10. The van der Waals surface area contributed by atoms with Gasteiger partial charge in [-0.3, -0.25) is 9.80 Å². The third-order valence-electron chi connectivity index (χ3n) is 2.69. The van der Waals surface area contributed by atoms with Crippen LogP contribution in [0, 0.1) is 0 Å². The summed E-state index contributed by atoms with van der Waals surface area (Å²) < 4.78 is 5.56. The minimum atomic E-state index is 0.550. The normalized spacial score (nSPS) is 17.6. The number of hydrazone groups is 1. The zero-order valence-electron chi connectivity index (χ0n) is 8.59. The highest BCUT2D eigenvalue weighted by atomic mass is 16.5. The predicted octanol–water partition coefficient (Wildman–Crippen LogP) is 1.68. The van der Waals surface area contributed by atoms with E-state index in [1.54, 1.807) is 6.26 Å². The van der Waals surface area contributed by atoms with Crippen molar-refractivity contribution in [3.05, 3.63) is 41.8 Å². The molecule has 0 spiro atoms. The number of hydrogen-bond donors (Lipinski definition) is 0. The van der Waals surface area contributed by atoms with Crippen LogP contribution in [0.4, 0.5) is 0 Å². The van der Waals surface area contributed by atoms with Crippen molar-refractivity contribution in [2.45, 2.75) is 13.0 Å². The van der Waals surface area contributed by atoms with Gasteiger partial charge in [-0.05, 0) is 6.07 Å². The fraction of sp³-hybridized carbons (Fsp3) is 0.167. The molecule has 4 nitrogen and oxygen atoms in total. The van der Waals surface area contributed by atoms with Crippen molar-refractivity contribution >= 4 is 12.0 Å². The first-order chi connectivity index (χ1) is 7.86. The summed E-state index contributed by atoms with van der Waals surface area (Å²) in [6, 6.07) is 7.83. The number of allylic oxidation sites excluding steroid dienone is 1. The summed E-state index contributed by atoms with van der Waals surface area (Å²) >= 11 is 0. The molecule has 2 heterocycles. The van der Waals surface area contributed by atoms with Crippen LogP contribution in [0.2, 0.25) is 0 Å². The highest BCUT2D eigenvalue weighted by molar-refractivity contribution is 6.29. The summed E-state index contributed by atoms with van der Waals surface area (Å²) in [5.74, 6) is 0.854. The lowest BCUT2D eigenvalue weighted by Gasteiger charge is -2.12. The van der Waals surface area contributed by atoms with Crippen LogP contribution in [0.15, 0.2) is 41.3 Å². The van der Waals surface area contributed by atoms with Crippen LogP contribution in [-0.2, 0) is 11.3 Å². The summed E-state index contributed by atoms with van der Waals surface area (Å²) in [6.07, 6.45) is 3.02. The van der Waals surface area contributed by atoms with Crippen molar-refractivity contribution in [2.24, 2.45) is 5.10 Å². The Balaban J connectivity index is 1.98. The van der Waals surface area contributed by atoms with Crippen molar-refractivity contribution < 1.29 is 9.53 Å². The molecule has 0 aliphatic carbocycles. The van der Waals surface area contributed by atoms with Crippen LogP contribution in [0.25, 0.3) is 0 Å². The van der Waals surface area contributed by atoms with Gasteiger partial charge in [0.1, 0.15) is 17.7 Å². The van der Waals surface area contributed by atoms with Gasteiger partial charge in [-0.1, -0.05) is 18.2 Å². The molecule has 2 aliphatic rings. The fourth-order valence-corrected chi connectivity index (χ4v) is 1.88. The summed E-state index contributed by atoms with van der Waals surface area (Å²) in [7, 11) is 0. The Kier molecular flexibility index (Phi) is 1.99. The zero-order chi connectivity index (χ0) is 11.0. The lowest BCUT2D eigenvalue weighted by atomic mass is 10.2. The highest BCUT2D eigenvalue weighted by Gasteiger charge is 2.23. The maximum atomic E-state index is 10.7. The molecule has 0 radical (unpaired) electrons. The maximum absolute atomic E-state index is 10.7. The third-order valence-corrected chi connectivity index (χ3v) is 2.69. The summed E-state index contributed by atoms with van der Waals surface area (Å²) in [4.78, 5) is 10.7. The molecule has 0 atom stereocenters. The number of aldehydes is 1. The van der Waals surface area contributed by atoms with Crippen molar-refractivity contribution in [1.29, 1.82) is 0 Å². The van der Waals surface area contributed by atoms with E-state index in [4.69, 9.17) is 4.74 Å². The molecule has 0 aromatic heterocycles. The van der Waals surface area contributed by atoms with Crippen LogP contribution >= 0.6 is 0 Å². The van der Waals surface area contributed by atoms with E-state index in [1.165, 1.54) is 0 Å². The molecule has 0 unspecified atom stereocenters. The van der Waals surface area contributed by atoms with Crippen LogP contribution in [0.5, 0.6) is 5.75 Å². The van der Waals surface area contributed by atoms with E-state index in [0.717, 1.165) is 23.3 Å². The van der Waals surface area contributed by atoms with Gasteiger partial charge >= 0.3 is 0 Å². The molecule has 16 heavy (non-hydrogen) atoms. The van der Waals surface area contributed by atoms with Gasteiger partial charge in [0.15, 0.2) is 6.29 Å². The van der Waals surface area contributed by atoms with Crippen LogP contribution in [0.3, 0.4) is 0 Å². The fourth-order valence-electron chi connectivity index (χ4n) is 1.88. The monoisotopic (exact) mass is 214 g/mol. The van der Waals surface area contributed by atoms with E-state index in [-0.39, 0.29) is 0 Å². The standard InChI is InChI=1S/C12H10N2O2/c15-7-10-5-11-8-16-12-4-2-1-3-9(12)6-14(11)13-10/h1-4,7-8H,5-6H2. The molecule has 1 aromatic rings. The Bertz CT molecular complexity index is 505. The van der Waals surface area contributed by atoms with Gasteiger partial charge in [-0.15, -0.1) is 0 Å². The molecule has 1 aromatic carbocycles. The number of fused-ring (bicyclic) bond motifs is 2. The molecular formula is C12H10N2O2. The number of rotatable bonds is 1. The first kappa shape index (κ1) is 9.15. The van der Waals surface area contributed by atoms with E-state index >= 15 is 0 Å². The average Bonchev–Trinajstić information content (AvgIpc) is 2.63. The van der Waals surface area contributed by atoms with E-state index in [2.05, 4.69) is 5.10 Å². The average molecular weight is 214 g/mol. The lowest BCUT2D eigenvalue weighted by Crippen LogP contribution is -2.10.